The number of ether oxygens (including phenoxy) is 1. The lowest BCUT2D eigenvalue weighted by Gasteiger charge is -2.02. The van der Waals surface area contributed by atoms with E-state index in [0.29, 0.717) is 0 Å². The first-order valence-corrected chi connectivity index (χ1v) is 6.79. The summed E-state index contributed by atoms with van der Waals surface area (Å²) in [4.78, 5) is 0. The quantitative estimate of drug-likeness (QED) is 0.582. The number of epoxide rings is 1. The Kier molecular flexibility index (Phi) is 3.28. The van der Waals surface area contributed by atoms with Crippen LogP contribution in [-0.4, -0.2) is 20.8 Å². The minimum Gasteiger partial charge on any atom is -0.340 e. The molecular formula is C11H14O4S. The van der Waals surface area contributed by atoms with Gasteiger partial charge in [-0.1, -0.05) is 37.3 Å². The molecule has 16 heavy (non-hydrogen) atoms. The first kappa shape index (κ1) is 11.6. The van der Waals surface area contributed by atoms with Gasteiger partial charge >= 0.3 is 0 Å². The highest BCUT2D eigenvalue weighted by molar-refractivity contribution is 7.85. The molecule has 1 aliphatic rings. The molecule has 1 aromatic carbocycles. The zero-order valence-corrected chi connectivity index (χ0v) is 9.81. The van der Waals surface area contributed by atoms with Crippen LogP contribution in [0.1, 0.15) is 18.9 Å². The van der Waals surface area contributed by atoms with E-state index in [-0.39, 0.29) is 11.9 Å². The minimum absolute atomic E-state index is 0.0643. The summed E-state index contributed by atoms with van der Waals surface area (Å²) in [5, 5.41) is 0. The molecule has 1 aromatic rings. The Morgan fingerprint density at radius 1 is 1.31 bits per heavy atom. The maximum absolute atomic E-state index is 11.6. The highest BCUT2D eigenvalue weighted by Gasteiger charge is 2.42. The maximum atomic E-state index is 11.6. The fraction of sp³-hybridized carbons (Fsp3) is 0.455. The molecule has 1 fully saturated rings. The SMILES string of the molecule is CCC1OC1OS(=O)(=O)Cc1ccccc1. The predicted molar refractivity (Wildman–Crippen MR) is 59.1 cm³/mol. The van der Waals surface area contributed by atoms with Crippen LogP contribution in [-0.2, 0) is 24.8 Å². The van der Waals surface area contributed by atoms with E-state index >= 15 is 0 Å². The van der Waals surface area contributed by atoms with E-state index in [1.54, 1.807) is 24.3 Å². The highest BCUT2D eigenvalue weighted by atomic mass is 32.2. The zero-order chi connectivity index (χ0) is 11.6. The van der Waals surface area contributed by atoms with E-state index in [9.17, 15) is 8.42 Å². The van der Waals surface area contributed by atoms with Crippen molar-refractivity contribution in [3.8, 4) is 0 Å². The topological polar surface area (TPSA) is 55.9 Å². The molecule has 0 aromatic heterocycles. The number of benzene rings is 1. The Labute approximate surface area is 95.3 Å². The molecule has 5 heteroatoms. The van der Waals surface area contributed by atoms with Crippen LogP contribution in [0.3, 0.4) is 0 Å². The first-order chi connectivity index (χ1) is 7.61. The van der Waals surface area contributed by atoms with Crippen molar-refractivity contribution in [1.82, 2.24) is 0 Å². The molecule has 88 valence electrons. The Morgan fingerprint density at radius 3 is 2.56 bits per heavy atom. The molecule has 0 saturated carbocycles. The molecule has 0 amide bonds. The van der Waals surface area contributed by atoms with Crippen molar-refractivity contribution in [1.29, 1.82) is 0 Å². The highest BCUT2D eigenvalue weighted by Crippen LogP contribution is 2.28. The molecule has 0 radical (unpaired) electrons. The van der Waals surface area contributed by atoms with Gasteiger partial charge in [0.15, 0.2) is 0 Å². The van der Waals surface area contributed by atoms with E-state index in [2.05, 4.69) is 0 Å². The molecular weight excluding hydrogens is 228 g/mol. The summed E-state index contributed by atoms with van der Waals surface area (Å²) in [6.45, 7) is 1.93. The van der Waals surface area contributed by atoms with Crippen LogP contribution in [0.15, 0.2) is 30.3 Å². The summed E-state index contributed by atoms with van der Waals surface area (Å²) in [6, 6.07) is 8.95. The third-order valence-corrected chi connectivity index (χ3v) is 3.54. The fourth-order valence-electron chi connectivity index (χ4n) is 1.46. The lowest BCUT2D eigenvalue weighted by molar-refractivity contribution is 0.184. The maximum Gasteiger partial charge on any atom is 0.274 e. The minimum atomic E-state index is -3.54. The number of rotatable bonds is 5. The van der Waals surface area contributed by atoms with Gasteiger partial charge in [-0.15, -0.1) is 0 Å². The Balaban J connectivity index is 1.94. The number of hydrogen-bond acceptors (Lipinski definition) is 4. The summed E-state index contributed by atoms with van der Waals surface area (Å²) in [5.74, 6) is -0.107. The van der Waals surface area contributed by atoms with E-state index in [1.807, 2.05) is 13.0 Å². The summed E-state index contributed by atoms with van der Waals surface area (Å²) in [5.41, 5.74) is 0.719. The van der Waals surface area contributed by atoms with Gasteiger partial charge in [-0.25, -0.2) is 4.18 Å². The molecule has 0 bridgehead atoms. The van der Waals surface area contributed by atoms with Crippen LogP contribution >= 0.6 is 0 Å². The molecule has 1 heterocycles. The van der Waals surface area contributed by atoms with Crippen molar-refractivity contribution < 1.29 is 17.3 Å². The van der Waals surface area contributed by atoms with Crippen molar-refractivity contribution in [3.63, 3.8) is 0 Å². The van der Waals surface area contributed by atoms with Crippen molar-refractivity contribution in [2.75, 3.05) is 0 Å². The smallest absolute Gasteiger partial charge is 0.274 e. The first-order valence-electron chi connectivity index (χ1n) is 5.21. The second-order valence-corrected chi connectivity index (χ2v) is 5.33. The lowest BCUT2D eigenvalue weighted by atomic mass is 10.2. The van der Waals surface area contributed by atoms with Crippen LogP contribution < -0.4 is 0 Å². The summed E-state index contributed by atoms with van der Waals surface area (Å²) in [7, 11) is -3.54. The Hall–Kier alpha value is -0.910. The second-order valence-electron chi connectivity index (χ2n) is 3.74. The second kappa shape index (κ2) is 4.53. The van der Waals surface area contributed by atoms with E-state index in [4.69, 9.17) is 8.92 Å². The van der Waals surface area contributed by atoms with Gasteiger partial charge in [-0.2, -0.15) is 8.42 Å². The van der Waals surface area contributed by atoms with Gasteiger partial charge in [0.05, 0.1) is 0 Å². The van der Waals surface area contributed by atoms with Gasteiger partial charge in [0.25, 0.3) is 10.1 Å². The van der Waals surface area contributed by atoms with E-state index in [0.717, 1.165) is 12.0 Å². The predicted octanol–water partition coefficient (Wildman–Crippen LogP) is 1.67. The van der Waals surface area contributed by atoms with Crippen molar-refractivity contribution in [2.45, 2.75) is 31.5 Å². The molecule has 1 aliphatic heterocycles. The fourth-order valence-corrected chi connectivity index (χ4v) is 2.58. The molecule has 2 unspecified atom stereocenters. The normalized spacial score (nSPS) is 24.3. The van der Waals surface area contributed by atoms with Gasteiger partial charge in [-0.3, -0.25) is 0 Å². The molecule has 2 atom stereocenters. The standard InChI is InChI=1S/C11H14O4S/c1-2-10-11(14-10)15-16(12,13)8-9-6-4-3-5-7-9/h3-7,10-11H,2,8H2,1H3. The monoisotopic (exact) mass is 242 g/mol. The van der Waals surface area contributed by atoms with Gasteiger partial charge < -0.3 is 4.74 Å². The van der Waals surface area contributed by atoms with Gasteiger partial charge in [-0.05, 0) is 12.0 Å². The number of hydrogen-bond donors (Lipinski definition) is 0. The molecule has 1 saturated heterocycles. The third kappa shape index (κ3) is 3.04. The third-order valence-electron chi connectivity index (χ3n) is 2.37. The van der Waals surface area contributed by atoms with Crippen LogP contribution in [0.2, 0.25) is 0 Å². The molecule has 0 N–H and O–H groups in total. The average molecular weight is 242 g/mol. The van der Waals surface area contributed by atoms with Gasteiger partial charge in [0.1, 0.15) is 11.9 Å². The van der Waals surface area contributed by atoms with Crippen LogP contribution in [0.4, 0.5) is 0 Å². The largest absolute Gasteiger partial charge is 0.340 e. The lowest BCUT2D eigenvalue weighted by Crippen LogP contribution is -2.12. The summed E-state index contributed by atoms with van der Waals surface area (Å²) < 4.78 is 33.2. The van der Waals surface area contributed by atoms with Crippen LogP contribution in [0.25, 0.3) is 0 Å². The van der Waals surface area contributed by atoms with Gasteiger partial charge in [0.2, 0.25) is 6.29 Å². The zero-order valence-electron chi connectivity index (χ0n) is 9.00. The van der Waals surface area contributed by atoms with Crippen molar-refractivity contribution in [2.24, 2.45) is 0 Å². The van der Waals surface area contributed by atoms with Crippen molar-refractivity contribution >= 4 is 10.1 Å². The van der Waals surface area contributed by atoms with Crippen LogP contribution in [0.5, 0.6) is 0 Å². The van der Waals surface area contributed by atoms with Gasteiger partial charge in [0, 0.05) is 0 Å². The van der Waals surface area contributed by atoms with E-state index < -0.39 is 16.4 Å². The summed E-state index contributed by atoms with van der Waals surface area (Å²) >= 11 is 0. The summed E-state index contributed by atoms with van der Waals surface area (Å²) in [6.07, 6.45) is 0.134. The molecule has 4 nitrogen and oxygen atoms in total. The Bertz CT molecular complexity index is 440. The molecule has 0 spiro atoms. The molecule has 0 aliphatic carbocycles. The van der Waals surface area contributed by atoms with Crippen molar-refractivity contribution in [3.05, 3.63) is 35.9 Å². The average Bonchev–Trinajstić information content (AvgIpc) is 2.96. The Morgan fingerprint density at radius 2 is 2.00 bits per heavy atom. The van der Waals surface area contributed by atoms with E-state index in [1.165, 1.54) is 0 Å². The van der Waals surface area contributed by atoms with Crippen LogP contribution in [0, 0.1) is 0 Å². The molecule has 2 rings (SSSR count).